The summed E-state index contributed by atoms with van der Waals surface area (Å²) in [5.74, 6) is -0.642. The molecule has 17 heavy (non-hydrogen) atoms. The lowest BCUT2D eigenvalue weighted by Gasteiger charge is -2.09. The van der Waals surface area contributed by atoms with Gasteiger partial charge in [-0.15, -0.1) is 0 Å². The third-order valence-electron chi connectivity index (χ3n) is 2.08. The van der Waals surface area contributed by atoms with Crippen molar-refractivity contribution < 1.29 is 4.39 Å². The number of aryl methyl sites for hydroxylation is 1. The van der Waals surface area contributed by atoms with E-state index in [9.17, 15) is 4.39 Å². The lowest BCUT2D eigenvalue weighted by Crippen LogP contribution is -1.99. The summed E-state index contributed by atoms with van der Waals surface area (Å²) in [7, 11) is 1.70. The maximum atomic E-state index is 13.9. The van der Waals surface area contributed by atoms with E-state index >= 15 is 0 Å². The van der Waals surface area contributed by atoms with Crippen LogP contribution in [0.25, 0.3) is 0 Å². The number of nitrogen functional groups attached to an aromatic ring is 2. The van der Waals surface area contributed by atoms with Crippen molar-refractivity contribution in [3.05, 3.63) is 23.2 Å². The van der Waals surface area contributed by atoms with Crippen molar-refractivity contribution in [2.75, 3.05) is 11.5 Å². The molecule has 1 aromatic carbocycles. The minimum Gasteiger partial charge on any atom is -0.398 e. The number of hydrogen-bond donors (Lipinski definition) is 2. The summed E-state index contributed by atoms with van der Waals surface area (Å²) in [4.78, 5) is 4.16. The van der Waals surface area contributed by atoms with E-state index in [0.29, 0.717) is 5.16 Å². The second-order valence-corrected chi connectivity index (χ2v) is 4.64. The summed E-state index contributed by atoms with van der Waals surface area (Å²) in [5.41, 5.74) is 11.5. The van der Waals surface area contributed by atoms with Gasteiger partial charge in [0.1, 0.15) is 11.3 Å². The van der Waals surface area contributed by atoms with E-state index in [-0.39, 0.29) is 21.3 Å². The van der Waals surface area contributed by atoms with E-state index in [1.807, 2.05) is 0 Å². The second-order valence-electron chi connectivity index (χ2n) is 3.28. The Hall–Kier alpha value is -1.47. The fourth-order valence-corrected chi connectivity index (χ4v) is 2.26. The van der Waals surface area contributed by atoms with Gasteiger partial charge in [-0.1, -0.05) is 11.6 Å². The first-order valence-corrected chi connectivity index (χ1v) is 5.75. The van der Waals surface area contributed by atoms with E-state index in [4.69, 9.17) is 23.1 Å². The van der Waals surface area contributed by atoms with Crippen molar-refractivity contribution in [3.63, 3.8) is 0 Å². The van der Waals surface area contributed by atoms with Crippen LogP contribution in [0.1, 0.15) is 0 Å². The maximum absolute atomic E-state index is 13.9. The van der Waals surface area contributed by atoms with Crippen molar-refractivity contribution in [2.24, 2.45) is 7.05 Å². The van der Waals surface area contributed by atoms with Crippen molar-refractivity contribution in [2.45, 2.75) is 10.1 Å². The van der Waals surface area contributed by atoms with Gasteiger partial charge in [0, 0.05) is 7.05 Å². The Labute approximate surface area is 106 Å². The van der Waals surface area contributed by atoms with E-state index < -0.39 is 5.82 Å². The highest BCUT2D eigenvalue weighted by Gasteiger charge is 2.17. The Balaban J connectivity index is 2.47. The van der Waals surface area contributed by atoms with Crippen molar-refractivity contribution >= 4 is 34.7 Å². The van der Waals surface area contributed by atoms with Gasteiger partial charge in [-0.25, -0.2) is 14.1 Å². The molecule has 90 valence electrons. The Morgan fingerprint density at radius 1 is 1.41 bits per heavy atom. The number of nitrogens with zero attached hydrogens (tertiary/aromatic N) is 3. The van der Waals surface area contributed by atoms with Crippen molar-refractivity contribution in [1.29, 1.82) is 0 Å². The summed E-state index contributed by atoms with van der Waals surface area (Å²) in [5, 5.41) is 4.25. The molecule has 0 radical (unpaired) electrons. The molecule has 0 aliphatic carbocycles. The Morgan fingerprint density at radius 3 is 2.71 bits per heavy atom. The molecule has 8 heteroatoms. The van der Waals surface area contributed by atoms with Crippen molar-refractivity contribution in [1.82, 2.24) is 14.8 Å². The number of benzene rings is 1. The minimum absolute atomic E-state index is 0.115. The fraction of sp³-hybridized carbons (Fsp3) is 0.111. The highest BCUT2D eigenvalue weighted by Crippen LogP contribution is 2.38. The van der Waals surface area contributed by atoms with Crippen LogP contribution in [0, 0.1) is 5.82 Å². The lowest BCUT2D eigenvalue weighted by molar-refractivity contribution is 0.603. The van der Waals surface area contributed by atoms with Crippen LogP contribution in [0.5, 0.6) is 0 Å². The normalized spacial score (nSPS) is 10.8. The molecule has 0 unspecified atom stereocenters. The molecule has 0 aliphatic heterocycles. The average molecular weight is 274 g/mol. The predicted molar refractivity (Wildman–Crippen MR) is 65.4 cm³/mol. The smallest absolute Gasteiger partial charge is 0.190 e. The second kappa shape index (κ2) is 4.42. The SMILES string of the molecule is Cn1ncnc1Sc1c(N)cc(N)c(Cl)c1F. The van der Waals surface area contributed by atoms with Gasteiger partial charge in [0.05, 0.1) is 16.3 Å². The molecular weight excluding hydrogens is 265 g/mol. The molecule has 0 bridgehead atoms. The van der Waals surface area contributed by atoms with Gasteiger partial charge in [0.15, 0.2) is 11.0 Å². The van der Waals surface area contributed by atoms with Crippen LogP contribution in [-0.4, -0.2) is 14.8 Å². The molecule has 0 spiro atoms. The highest BCUT2D eigenvalue weighted by atomic mass is 35.5. The number of hydrogen-bond acceptors (Lipinski definition) is 5. The van der Waals surface area contributed by atoms with Crippen LogP contribution in [0.15, 0.2) is 22.4 Å². The topological polar surface area (TPSA) is 82.8 Å². The van der Waals surface area contributed by atoms with Gasteiger partial charge in [0.25, 0.3) is 0 Å². The number of anilines is 2. The Kier molecular flexibility index (Phi) is 3.12. The van der Waals surface area contributed by atoms with Gasteiger partial charge in [-0.05, 0) is 17.8 Å². The molecule has 0 amide bonds. The number of rotatable bonds is 2. The molecular formula is C9H9ClFN5S. The first-order chi connectivity index (χ1) is 8.00. The first-order valence-electron chi connectivity index (χ1n) is 4.55. The molecule has 2 rings (SSSR count). The molecule has 0 atom stereocenters. The standard InChI is InChI=1S/C9H9ClFN5S/c1-16-9(14-3-15-16)17-8-5(13)2-4(12)6(10)7(8)11/h2-3H,12-13H2,1H3. The van der Waals surface area contributed by atoms with Crippen LogP contribution in [0.2, 0.25) is 5.02 Å². The van der Waals surface area contributed by atoms with Gasteiger partial charge >= 0.3 is 0 Å². The third kappa shape index (κ3) is 2.16. The van der Waals surface area contributed by atoms with Crippen molar-refractivity contribution in [3.8, 4) is 0 Å². The molecule has 0 fully saturated rings. The van der Waals surface area contributed by atoms with Gasteiger partial charge < -0.3 is 11.5 Å². The van der Waals surface area contributed by atoms with Gasteiger partial charge in [0.2, 0.25) is 0 Å². The first kappa shape index (κ1) is 12.0. The fourth-order valence-electron chi connectivity index (χ4n) is 1.22. The maximum Gasteiger partial charge on any atom is 0.190 e. The summed E-state index contributed by atoms with van der Waals surface area (Å²) < 4.78 is 15.4. The third-order valence-corrected chi connectivity index (χ3v) is 3.64. The largest absolute Gasteiger partial charge is 0.398 e. The number of nitrogens with two attached hydrogens (primary N) is 2. The highest BCUT2D eigenvalue weighted by molar-refractivity contribution is 7.99. The molecule has 0 saturated heterocycles. The zero-order valence-corrected chi connectivity index (χ0v) is 10.4. The van der Waals surface area contributed by atoms with Crippen LogP contribution in [0.4, 0.5) is 15.8 Å². The van der Waals surface area contributed by atoms with Gasteiger partial charge in [-0.3, -0.25) is 0 Å². The molecule has 2 aromatic rings. The molecule has 1 heterocycles. The lowest BCUT2D eigenvalue weighted by atomic mass is 10.3. The summed E-state index contributed by atoms with van der Waals surface area (Å²) in [6.45, 7) is 0. The predicted octanol–water partition coefficient (Wildman–Crippen LogP) is 1.92. The monoisotopic (exact) mass is 273 g/mol. The molecule has 0 saturated carbocycles. The summed E-state index contributed by atoms with van der Waals surface area (Å²) in [6.07, 6.45) is 1.37. The van der Waals surface area contributed by atoms with E-state index in [0.717, 1.165) is 11.8 Å². The van der Waals surface area contributed by atoms with E-state index in [1.165, 1.54) is 17.1 Å². The molecule has 1 aromatic heterocycles. The van der Waals surface area contributed by atoms with E-state index in [1.54, 1.807) is 7.05 Å². The van der Waals surface area contributed by atoms with E-state index in [2.05, 4.69) is 10.1 Å². The summed E-state index contributed by atoms with van der Waals surface area (Å²) >= 11 is 6.77. The van der Waals surface area contributed by atoms with Crippen LogP contribution >= 0.6 is 23.4 Å². The number of aromatic nitrogens is 3. The molecule has 5 nitrogen and oxygen atoms in total. The zero-order valence-electron chi connectivity index (χ0n) is 8.82. The Morgan fingerprint density at radius 2 is 2.12 bits per heavy atom. The zero-order chi connectivity index (χ0) is 12.6. The van der Waals surface area contributed by atoms with Crippen LogP contribution < -0.4 is 11.5 Å². The average Bonchev–Trinajstić information content (AvgIpc) is 2.67. The minimum atomic E-state index is -0.642. The number of halogens is 2. The van der Waals surface area contributed by atoms with Gasteiger partial charge in [-0.2, -0.15) is 5.10 Å². The van der Waals surface area contributed by atoms with Crippen LogP contribution in [-0.2, 0) is 7.05 Å². The van der Waals surface area contributed by atoms with Crippen LogP contribution in [0.3, 0.4) is 0 Å². The Bertz CT molecular complexity index is 571. The molecule has 0 aliphatic rings. The quantitative estimate of drug-likeness (QED) is 0.817. The summed E-state index contributed by atoms with van der Waals surface area (Å²) in [6, 6.07) is 1.42. The molecule has 4 N–H and O–H groups in total.